The van der Waals surface area contributed by atoms with E-state index in [0.717, 1.165) is 17.8 Å². The predicted molar refractivity (Wildman–Crippen MR) is 85.7 cm³/mol. The number of nitro groups is 1. The Labute approximate surface area is 140 Å². The van der Waals surface area contributed by atoms with Crippen LogP contribution < -0.4 is 4.74 Å². The zero-order valence-electron chi connectivity index (χ0n) is 13.5. The molecule has 0 aliphatic heterocycles. The van der Waals surface area contributed by atoms with Crippen LogP contribution >= 0.6 is 0 Å². The van der Waals surface area contributed by atoms with Crippen LogP contribution in [0.1, 0.15) is 38.5 Å². The summed E-state index contributed by atoms with van der Waals surface area (Å²) < 4.78 is 10.5. The molecule has 0 N–H and O–H groups in total. The SMILES string of the molecule is O=C(OCC12CC3CC(CC(C3)C1)C2)Oc1ccc([N+](=O)[O-])cc1. The van der Waals surface area contributed by atoms with Gasteiger partial charge in [0.1, 0.15) is 12.4 Å². The van der Waals surface area contributed by atoms with E-state index in [4.69, 9.17) is 9.47 Å². The Morgan fingerprint density at radius 1 is 1.08 bits per heavy atom. The summed E-state index contributed by atoms with van der Waals surface area (Å²) in [5, 5.41) is 10.6. The highest BCUT2D eigenvalue weighted by Crippen LogP contribution is 2.60. The number of carbonyl (C=O) groups is 1. The van der Waals surface area contributed by atoms with Gasteiger partial charge in [-0.05, 0) is 68.4 Å². The average Bonchev–Trinajstić information content (AvgIpc) is 2.52. The fourth-order valence-corrected chi connectivity index (χ4v) is 5.44. The highest BCUT2D eigenvalue weighted by molar-refractivity contribution is 5.64. The molecule has 4 bridgehead atoms. The summed E-state index contributed by atoms with van der Waals surface area (Å²) >= 11 is 0. The average molecular weight is 331 g/mol. The summed E-state index contributed by atoms with van der Waals surface area (Å²) in [6.45, 7) is 0.433. The van der Waals surface area contributed by atoms with Crippen molar-refractivity contribution in [2.75, 3.05) is 6.61 Å². The number of nitrogens with zero attached hydrogens (tertiary/aromatic N) is 1. The molecule has 1 aromatic carbocycles. The van der Waals surface area contributed by atoms with Gasteiger partial charge >= 0.3 is 6.16 Å². The maximum atomic E-state index is 11.9. The molecule has 24 heavy (non-hydrogen) atoms. The van der Waals surface area contributed by atoms with Crippen molar-refractivity contribution < 1.29 is 19.2 Å². The second kappa shape index (κ2) is 5.76. The fourth-order valence-electron chi connectivity index (χ4n) is 5.44. The number of hydrogen-bond acceptors (Lipinski definition) is 5. The van der Waals surface area contributed by atoms with Crippen LogP contribution in [0.15, 0.2) is 24.3 Å². The largest absolute Gasteiger partial charge is 0.513 e. The lowest BCUT2D eigenvalue weighted by Gasteiger charge is -2.56. The van der Waals surface area contributed by atoms with Gasteiger partial charge < -0.3 is 9.47 Å². The van der Waals surface area contributed by atoms with E-state index in [1.807, 2.05) is 0 Å². The monoisotopic (exact) mass is 331 g/mol. The van der Waals surface area contributed by atoms with Crippen LogP contribution in [0, 0.1) is 33.3 Å². The first-order valence-corrected chi connectivity index (χ1v) is 8.60. The maximum absolute atomic E-state index is 11.9. The van der Waals surface area contributed by atoms with E-state index in [0.29, 0.717) is 6.61 Å². The van der Waals surface area contributed by atoms with Gasteiger partial charge in [-0.25, -0.2) is 4.79 Å². The molecule has 0 radical (unpaired) electrons. The van der Waals surface area contributed by atoms with E-state index >= 15 is 0 Å². The Balaban J connectivity index is 1.33. The summed E-state index contributed by atoms with van der Waals surface area (Å²) in [7, 11) is 0. The standard InChI is InChI=1S/C18H21NO5/c20-17(24-16-3-1-15(2-4-16)19(21)22)23-11-18-8-12-5-13(9-18)7-14(6-12)10-18/h1-4,12-14H,5-11H2. The molecule has 0 spiro atoms. The topological polar surface area (TPSA) is 78.7 Å². The quantitative estimate of drug-likeness (QED) is 0.355. The van der Waals surface area contributed by atoms with Crippen LogP contribution in [0.4, 0.5) is 10.5 Å². The van der Waals surface area contributed by atoms with Gasteiger partial charge in [0.15, 0.2) is 0 Å². The van der Waals surface area contributed by atoms with Gasteiger partial charge in [-0.15, -0.1) is 0 Å². The van der Waals surface area contributed by atoms with Crippen LogP contribution in [0.3, 0.4) is 0 Å². The molecule has 5 rings (SSSR count). The van der Waals surface area contributed by atoms with E-state index in [-0.39, 0.29) is 16.9 Å². The van der Waals surface area contributed by atoms with Crippen molar-refractivity contribution in [1.29, 1.82) is 0 Å². The minimum Gasteiger partial charge on any atom is -0.433 e. The van der Waals surface area contributed by atoms with Gasteiger partial charge in [-0.2, -0.15) is 0 Å². The Hall–Kier alpha value is -2.11. The Morgan fingerprint density at radius 2 is 1.62 bits per heavy atom. The molecule has 0 heterocycles. The number of ether oxygens (including phenoxy) is 2. The zero-order valence-corrected chi connectivity index (χ0v) is 13.5. The molecule has 128 valence electrons. The van der Waals surface area contributed by atoms with E-state index in [1.165, 1.54) is 62.8 Å². The summed E-state index contributed by atoms with van der Waals surface area (Å²) in [4.78, 5) is 22.1. The number of hydrogen-bond donors (Lipinski definition) is 0. The van der Waals surface area contributed by atoms with Crippen LogP contribution in [0.2, 0.25) is 0 Å². The molecule has 1 aromatic rings. The molecule has 0 amide bonds. The first-order chi connectivity index (χ1) is 11.5. The highest BCUT2D eigenvalue weighted by atomic mass is 16.7. The van der Waals surface area contributed by atoms with Crippen LogP contribution in [0.25, 0.3) is 0 Å². The minimum absolute atomic E-state index is 0.0377. The first kappa shape index (κ1) is 15.4. The molecular weight excluding hydrogens is 310 g/mol. The first-order valence-electron chi connectivity index (χ1n) is 8.60. The lowest BCUT2D eigenvalue weighted by Crippen LogP contribution is -2.48. The Morgan fingerprint density at radius 3 is 2.12 bits per heavy atom. The van der Waals surface area contributed by atoms with Crippen LogP contribution in [-0.2, 0) is 4.74 Å². The highest BCUT2D eigenvalue weighted by Gasteiger charge is 2.51. The van der Waals surface area contributed by atoms with Gasteiger partial charge in [-0.3, -0.25) is 10.1 Å². The van der Waals surface area contributed by atoms with Crippen molar-refractivity contribution in [3.8, 4) is 5.75 Å². The maximum Gasteiger partial charge on any atom is 0.513 e. The van der Waals surface area contributed by atoms with Crippen molar-refractivity contribution in [2.24, 2.45) is 23.2 Å². The van der Waals surface area contributed by atoms with Crippen molar-refractivity contribution in [1.82, 2.24) is 0 Å². The zero-order chi connectivity index (χ0) is 16.7. The van der Waals surface area contributed by atoms with Crippen LogP contribution in [0.5, 0.6) is 5.75 Å². The van der Waals surface area contributed by atoms with Crippen molar-refractivity contribution in [3.63, 3.8) is 0 Å². The van der Waals surface area contributed by atoms with E-state index in [2.05, 4.69) is 0 Å². The third-order valence-electron chi connectivity index (χ3n) is 5.91. The molecule has 0 atom stereocenters. The molecule has 4 fully saturated rings. The second-order valence-corrected chi connectivity index (χ2v) is 7.81. The number of rotatable bonds is 4. The lowest BCUT2D eigenvalue weighted by molar-refractivity contribution is -0.384. The molecule has 0 unspecified atom stereocenters. The summed E-state index contributed by atoms with van der Waals surface area (Å²) in [5.74, 6) is 2.69. The third kappa shape index (κ3) is 2.97. The summed E-state index contributed by atoms with van der Waals surface area (Å²) in [6.07, 6.45) is 6.85. The minimum atomic E-state index is -0.723. The molecular formula is C18H21NO5. The van der Waals surface area contributed by atoms with Gasteiger partial charge in [0.05, 0.1) is 4.92 Å². The van der Waals surface area contributed by atoms with Crippen LogP contribution in [-0.4, -0.2) is 17.7 Å². The molecule has 4 aliphatic carbocycles. The normalized spacial score (nSPS) is 33.2. The third-order valence-corrected chi connectivity index (χ3v) is 5.91. The Bertz CT molecular complexity index is 619. The van der Waals surface area contributed by atoms with Crippen molar-refractivity contribution >= 4 is 11.8 Å². The predicted octanol–water partition coefficient (Wildman–Crippen LogP) is 4.33. The smallest absolute Gasteiger partial charge is 0.433 e. The molecule has 6 heteroatoms. The van der Waals surface area contributed by atoms with Gasteiger partial charge in [0.2, 0.25) is 0 Å². The molecule has 0 aromatic heterocycles. The van der Waals surface area contributed by atoms with Crippen molar-refractivity contribution in [2.45, 2.75) is 38.5 Å². The van der Waals surface area contributed by atoms with E-state index in [1.54, 1.807) is 0 Å². The lowest BCUT2D eigenvalue weighted by atomic mass is 9.50. The fraction of sp³-hybridized carbons (Fsp3) is 0.611. The van der Waals surface area contributed by atoms with Crippen molar-refractivity contribution in [3.05, 3.63) is 34.4 Å². The summed E-state index contributed by atoms with van der Waals surface area (Å²) in [6, 6.07) is 5.43. The number of benzene rings is 1. The second-order valence-electron chi connectivity index (χ2n) is 7.81. The van der Waals surface area contributed by atoms with E-state index < -0.39 is 11.1 Å². The number of carbonyl (C=O) groups excluding carboxylic acids is 1. The summed E-state index contributed by atoms with van der Waals surface area (Å²) in [5.41, 5.74) is 0.118. The van der Waals surface area contributed by atoms with Gasteiger partial charge in [0.25, 0.3) is 5.69 Å². The van der Waals surface area contributed by atoms with Gasteiger partial charge in [0, 0.05) is 17.5 Å². The number of non-ortho nitro benzene ring substituents is 1. The van der Waals surface area contributed by atoms with Gasteiger partial charge in [-0.1, -0.05) is 0 Å². The molecule has 4 saturated carbocycles. The molecule has 0 saturated heterocycles. The molecule has 6 nitrogen and oxygen atoms in total. The Kier molecular flexibility index (Phi) is 3.70. The van der Waals surface area contributed by atoms with E-state index in [9.17, 15) is 14.9 Å². The number of nitro benzene ring substituents is 1. The molecule has 4 aliphatic rings.